The third-order valence-electron chi connectivity index (χ3n) is 2.41. The smallest absolute Gasteiger partial charge is 0.0898 e. The molecule has 0 aromatic carbocycles. The minimum atomic E-state index is 0.733. The number of rotatable bonds is 4. The van der Waals surface area contributed by atoms with Gasteiger partial charge >= 0.3 is 0 Å². The van der Waals surface area contributed by atoms with Gasteiger partial charge in [-0.05, 0) is 13.0 Å². The number of anilines is 2. The topological polar surface area (TPSA) is 41.1 Å². The molecule has 0 unspecified atom stereocenters. The van der Waals surface area contributed by atoms with Gasteiger partial charge in [0, 0.05) is 25.7 Å². The van der Waals surface area contributed by atoms with E-state index in [1.54, 1.807) is 17.5 Å². The number of thiazole rings is 1. The van der Waals surface area contributed by atoms with Crippen molar-refractivity contribution in [3.63, 3.8) is 0 Å². The van der Waals surface area contributed by atoms with Crippen LogP contribution in [0.15, 0.2) is 23.8 Å². The molecule has 4 nitrogen and oxygen atoms in total. The van der Waals surface area contributed by atoms with E-state index in [0.717, 1.165) is 28.6 Å². The van der Waals surface area contributed by atoms with Crippen molar-refractivity contribution in [2.75, 3.05) is 24.3 Å². The lowest BCUT2D eigenvalue weighted by molar-refractivity contribution is 1.04. The van der Waals surface area contributed by atoms with Crippen LogP contribution >= 0.6 is 11.3 Å². The lowest BCUT2D eigenvalue weighted by Crippen LogP contribution is -2.12. The van der Waals surface area contributed by atoms with E-state index in [1.165, 1.54) is 0 Å². The third-order valence-corrected chi connectivity index (χ3v) is 3.23. The number of nitrogens with zero attached hydrogens (tertiary/aromatic N) is 3. The molecule has 0 aliphatic rings. The molecular weight excluding hydrogens is 232 g/mol. The van der Waals surface area contributed by atoms with Crippen molar-refractivity contribution >= 4 is 22.7 Å². The summed E-state index contributed by atoms with van der Waals surface area (Å²) in [4.78, 5) is 10.6. The van der Waals surface area contributed by atoms with E-state index < -0.39 is 0 Å². The first kappa shape index (κ1) is 11.9. The minimum Gasteiger partial charge on any atom is -0.376 e. The molecule has 0 fully saturated rings. The van der Waals surface area contributed by atoms with E-state index in [1.807, 2.05) is 33.3 Å². The number of hydrogen-bond acceptors (Lipinski definition) is 5. The lowest BCUT2D eigenvalue weighted by atomic mass is 10.3. The molecule has 5 heteroatoms. The fourth-order valence-corrected chi connectivity index (χ4v) is 2.20. The van der Waals surface area contributed by atoms with Gasteiger partial charge in [0.1, 0.15) is 0 Å². The zero-order valence-corrected chi connectivity index (χ0v) is 11.1. The van der Waals surface area contributed by atoms with Crippen molar-refractivity contribution in [3.8, 4) is 0 Å². The Balaban J connectivity index is 2.08. The van der Waals surface area contributed by atoms with E-state index >= 15 is 0 Å². The van der Waals surface area contributed by atoms with Gasteiger partial charge in [-0.1, -0.05) is 0 Å². The number of aryl methyl sites for hydroxylation is 1. The molecule has 1 N–H and O–H groups in total. The highest BCUT2D eigenvalue weighted by molar-refractivity contribution is 7.09. The quantitative estimate of drug-likeness (QED) is 0.902. The zero-order chi connectivity index (χ0) is 12.3. The van der Waals surface area contributed by atoms with Crippen molar-refractivity contribution in [3.05, 3.63) is 34.5 Å². The fourth-order valence-electron chi connectivity index (χ4n) is 1.59. The van der Waals surface area contributed by atoms with Gasteiger partial charge < -0.3 is 10.2 Å². The Bertz CT molecular complexity index is 493. The van der Waals surface area contributed by atoms with E-state index in [0.29, 0.717) is 0 Å². The average molecular weight is 248 g/mol. The maximum atomic E-state index is 4.42. The van der Waals surface area contributed by atoms with Crippen LogP contribution in [0.5, 0.6) is 0 Å². The third kappa shape index (κ3) is 2.94. The summed E-state index contributed by atoms with van der Waals surface area (Å²) in [5, 5.41) is 6.54. The van der Waals surface area contributed by atoms with Crippen LogP contribution in [0, 0.1) is 6.92 Å². The molecule has 0 aliphatic carbocycles. The van der Waals surface area contributed by atoms with E-state index in [9.17, 15) is 0 Å². The van der Waals surface area contributed by atoms with E-state index in [2.05, 4.69) is 25.6 Å². The molecule has 0 spiro atoms. The van der Waals surface area contributed by atoms with Gasteiger partial charge in [0.05, 0.1) is 34.8 Å². The molecule has 2 heterocycles. The number of nitrogens with one attached hydrogen (secondary N) is 1. The lowest BCUT2D eigenvalue weighted by Gasteiger charge is -2.17. The van der Waals surface area contributed by atoms with Gasteiger partial charge in [0.25, 0.3) is 0 Å². The monoisotopic (exact) mass is 248 g/mol. The predicted molar refractivity (Wildman–Crippen MR) is 72.7 cm³/mol. The molecule has 0 saturated heterocycles. The van der Waals surface area contributed by atoms with Crippen molar-refractivity contribution in [1.29, 1.82) is 0 Å². The summed E-state index contributed by atoms with van der Waals surface area (Å²) in [6, 6.07) is 1.99. The van der Waals surface area contributed by atoms with Gasteiger partial charge in [0.2, 0.25) is 0 Å². The largest absolute Gasteiger partial charge is 0.376 e. The van der Waals surface area contributed by atoms with E-state index in [4.69, 9.17) is 0 Å². The molecule has 2 aromatic rings. The maximum absolute atomic E-state index is 4.42. The van der Waals surface area contributed by atoms with Crippen LogP contribution < -0.4 is 10.2 Å². The maximum Gasteiger partial charge on any atom is 0.0898 e. The van der Waals surface area contributed by atoms with Crippen molar-refractivity contribution < 1.29 is 0 Å². The summed E-state index contributed by atoms with van der Waals surface area (Å²) in [7, 11) is 4.04. The van der Waals surface area contributed by atoms with Crippen LogP contribution in [0.4, 0.5) is 11.4 Å². The number of pyridine rings is 1. The van der Waals surface area contributed by atoms with Crippen molar-refractivity contribution in [2.24, 2.45) is 0 Å². The summed E-state index contributed by atoms with van der Waals surface area (Å²) in [6.07, 6.45) is 3.64. The minimum absolute atomic E-state index is 0.733. The first-order valence-corrected chi connectivity index (χ1v) is 6.31. The van der Waals surface area contributed by atoms with Crippen LogP contribution in [0.3, 0.4) is 0 Å². The van der Waals surface area contributed by atoms with Gasteiger partial charge in [-0.3, -0.25) is 4.98 Å². The molecule has 2 aromatic heterocycles. The Morgan fingerprint density at radius 3 is 2.88 bits per heavy atom. The molecule has 2 rings (SSSR count). The van der Waals surface area contributed by atoms with Crippen LogP contribution in [0.2, 0.25) is 0 Å². The van der Waals surface area contributed by atoms with Gasteiger partial charge in [-0.2, -0.15) is 0 Å². The predicted octanol–water partition coefficient (Wildman–Crippen LogP) is 2.52. The molecule has 0 bridgehead atoms. The molecule has 0 aliphatic heterocycles. The summed E-state index contributed by atoms with van der Waals surface area (Å²) in [5.41, 5.74) is 3.23. The zero-order valence-electron chi connectivity index (χ0n) is 10.3. The normalized spacial score (nSPS) is 10.3. The SMILES string of the molecule is Cc1nc(CNc2cnccc2N(C)C)cs1. The van der Waals surface area contributed by atoms with E-state index in [-0.39, 0.29) is 0 Å². The van der Waals surface area contributed by atoms with Crippen molar-refractivity contribution in [1.82, 2.24) is 9.97 Å². The summed E-state index contributed by atoms with van der Waals surface area (Å²) >= 11 is 1.67. The number of aromatic nitrogens is 2. The number of hydrogen-bond donors (Lipinski definition) is 1. The molecule has 90 valence electrons. The summed E-state index contributed by atoms with van der Waals surface area (Å²) in [5.74, 6) is 0. The Kier molecular flexibility index (Phi) is 3.58. The summed E-state index contributed by atoms with van der Waals surface area (Å²) < 4.78 is 0. The first-order chi connectivity index (χ1) is 8.16. The molecule has 0 radical (unpaired) electrons. The second kappa shape index (κ2) is 5.14. The Morgan fingerprint density at radius 1 is 1.41 bits per heavy atom. The fraction of sp³-hybridized carbons (Fsp3) is 0.333. The Labute approximate surface area is 105 Å². The molecule has 0 atom stereocenters. The van der Waals surface area contributed by atoms with Gasteiger partial charge in [0.15, 0.2) is 0 Å². The Hall–Kier alpha value is -1.62. The highest BCUT2D eigenvalue weighted by Crippen LogP contribution is 2.22. The average Bonchev–Trinajstić information content (AvgIpc) is 2.73. The van der Waals surface area contributed by atoms with Crippen LogP contribution in [-0.2, 0) is 6.54 Å². The van der Waals surface area contributed by atoms with Crippen LogP contribution in [0.25, 0.3) is 0 Å². The molecule has 0 amide bonds. The highest BCUT2D eigenvalue weighted by atomic mass is 32.1. The molecular formula is C12H16N4S. The Morgan fingerprint density at radius 2 is 2.24 bits per heavy atom. The second-order valence-corrected chi connectivity index (χ2v) is 5.06. The second-order valence-electron chi connectivity index (χ2n) is 4.00. The standard InChI is InChI=1S/C12H16N4S/c1-9-15-10(8-17-9)6-14-11-7-13-5-4-12(11)16(2)3/h4-5,7-8,14H,6H2,1-3H3. The first-order valence-electron chi connectivity index (χ1n) is 5.43. The highest BCUT2D eigenvalue weighted by Gasteiger charge is 2.04. The van der Waals surface area contributed by atoms with Gasteiger partial charge in [-0.15, -0.1) is 11.3 Å². The van der Waals surface area contributed by atoms with Crippen LogP contribution in [0.1, 0.15) is 10.7 Å². The molecule has 17 heavy (non-hydrogen) atoms. The summed E-state index contributed by atoms with van der Waals surface area (Å²) in [6.45, 7) is 2.75. The van der Waals surface area contributed by atoms with Crippen molar-refractivity contribution in [2.45, 2.75) is 13.5 Å². The molecule has 0 saturated carbocycles. The van der Waals surface area contributed by atoms with Crippen LogP contribution in [-0.4, -0.2) is 24.1 Å². The van der Waals surface area contributed by atoms with Gasteiger partial charge in [-0.25, -0.2) is 4.98 Å².